The van der Waals surface area contributed by atoms with Gasteiger partial charge < -0.3 is 0 Å². The Labute approximate surface area is 138 Å². The average molecular weight is 324 g/mol. The van der Waals surface area contributed by atoms with Gasteiger partial charge in [0.15, 0.2) is 9.84 Å². The molecule has 0 fully saturated rings. The third-order valence-corrected chi connectivity index (χ3v) is 4.78. The van der Waals surface area contributed by atoms with Gasteiger partial charge in [0.25, 0.3) is 0 Å². The molecule has 0 bridgehead atoms. The Morgan fingerprint density at radius 1 is 1.00 bits per heavy atom. The van der Waals surface area contributed by atoms with E-state index in [0.717, 1.165) is 16.7 Å². The third-order valence-electron chi connectivity index (χ3n) is 3.49. The Morgan fingerprint density at radius 2 is 1.74 bits per heavy atom. The van der Waals surface area contributed by atoms with Crippen LogP contribution in [0.3, 0.4) is 0 Å². The topological polar surface area (TPSA) is 34.1 Å². The van der Waals surface area contributed by atoms with Gasteiger partial charge >= 0.3 is 0 Å². The standard InChI is InChI=1S/C20H20O2S/c1-17-12-13-20(16-18(17)2)11-7-15-23(21,22)14-6-10-19-8-4-3-5-9-19/h3-6,8-10,12-13,16H,14-15H2,1-2H3/b10-6+. The van der Waals surface area contributed by atoms with E-state index in [-0.39, 0.29) is 11.5 Å². The molecule has 3 heteroatoms. The van der Waals surface area contributed by atoms with Crippen molar-refractivity contribution in [1.82, 2.24) is 0 Å². The zero-order valence-electron chi connectivity index (χ0n) is 13.4. The summed E-state index contributed by atoms with van der Waals surface area (Å²) in [6.07, 6.45) is 3.48. The van der Waals surface area contributed by atoms with Crippen molar-refractivity contribution in [3.8, 4) is 11.8 Å². The molecule has 0 radical (unpaired) electrons. The minimum atomic E-state index is -3.20. The Hall–Kier alpha value is -2.31. The number of aryl methyl sites for hydroxylation is 2. The molecule has 0 unspecified atom stereocenters. The fraction of sp³-hybridized carbons (Fsp3) is 0.200. The summed E-state index contributed by atoms with van der Waals surface area (Å²) < 4.78 is 24.0. The molecule has 0 aromatic heterocycles. The fourth-order valence-corrected chi connectivity index (χ4v) is 2.82. The molecule has 0 atom stereocenters. The van der Waals surface area contributed by atoms with Crippen LogP contribution in [0.25, 0.3) is 6.08 Å². The summed E-state index contributed by atoms with van der Waals surface area (Å²) in [7, 11) is -3.20. The van der Waals surface area contributed by atoms with Gasteiger partial charge in [0, 0.05) is 5.56 Å². The molecule has 0 aliphatic carbocycles. The van der Waals surface area contributed by atoms with Gasteiger partial charge in [0.05, 0.1) is 5.75 Å². The van der Waals surface area contributed by atoms with Crippen molar-refractivity contribution in [2.24, 2.45) is 0 Å². The van der Waals surface area contributed by atoms with Crippen molar-refractivity contribution < 1.29 is 8.42 Å². The highest BCUT2D eigenvalue weighted by Gasteiger charge is 2.05. The van der Waals surface area contributed by atoms with Crippen LogP contribution in [-0.2, 0) is 9.84 Å². The Kier molecular flexibility index (Phi) is 5.78. The van der Waals surface area contributed by atoms with Gasteiger partial charge in [-0.25, -0.2) is 8.42 Å². The average Bonchev–Trinajstić information content (AvgIpc) is 2.51. The predicted octanol–water partition coefficient (Wildman–Crippen LogP) is 3.78. The molecular weight excluding hydrogens is 304 g/mol. The fourth-order valence-electron chi connectivity index (χ4n) is 2.02. The summed E-state index contributed by atoms with van der Waals surface area (Å²) in [5.41, 5.74) is 4.20. The highest BCUT2D eigenvalue weighted by atomic mass is 32.2. The molecule has 2 aromatic carbocycles. The van der Waals surface area contributed by atoms with Gasteiger partial charge in [-0.3, -0.25) is 0 Å². The summed E-state index contributed by atoms with van der Waals surface area (Å²) in [4.78, 5) is 0. The van der Waals surface area contributed by atoms with Crippen LogP contribution in [0.2, 0.25) is 0 Å². The minimum Gasteiger partial charge on any atom is -0.228 e. The van der Waals surface area contributed by atoms with Crippen molar-refractivity contribution in [2.45, 2.75) is 13.8 Å². The summed E-state index contributed by atoms with van der Waals surface area (Å²) >= 11 is 0. The molecule has 2 nitrogen and oxygen atoms in total. The smallest absolute Gasteiger partial charge is 0.165 e. The van der Waals surface area contributed by atoms with E-state index in [1.54, 1.807) is 6.08 Å². The quantitative estimate of drug-likeness (QED) is 0.802. The van der Waals surface area contributed by atoms with E-state index >= 15 is 0 Å². The monoisotopic (exact) mass is 324 g/mol. The second-order valence-corrected chi connectivity index (χ2v) is 7.58. The summed E-state index contributed by atoms with van der Waals surface area (Å²) in [6.45, 7) is 4.06. The molecule has 118 valence electrons. The number of sulfone groups is 1. The highest BCUT2D eigenvalue weighted by molar-refractivity contribution is 7.91. The van der Waals surface area contributed by atoms with Crippen LogP contribution in [0.5, 0.6) is 0 Å². The molecule has 2 rings (SSSR count). The zero-order valence-corrected chi connectivity index (χ0v) is 14.2. The van der Waals surface area contributed by atoms with E-state index < -0.39 is 9.84 Å². The highest BCUT2D eigenvalue weighted by Crippen LogP contribution is 2.08. The molecule has 0 aliphatic rings. The maximum absolute atomic E-state index is 12.0. The lowest BCUT2D eigenvalue weighted by atomic mass is 10.1. The predicted molar refractivity (Wildman–Crippen MR) is 96.9 cm³/mol. The van der Waals surface area contributed by atoms with Crippen molar-refractivity contribution >= 4 is 15.9 Å². The second kappa shape index (κ2) is 7.80. The van der Waals surface area contributed by atoms with Crippen LogP contribution < -0.4 is 0 Å². The van der Waals surface area contributed by atoms with Crippen LogP contribution >= 0.6 is 0 Å². The molecule has 0 saturated carbocycles. The molecule has 23 heavy (non-hydrogen) atoms. The number of hydrogen-bond donors (Lipinski definition) is 0. The Balaban J connectivity index is 1.95. The lowest BCUT2D eigenvalue weighted by molar-refractivity contribution is 0.602. The maximum atomic E-state index is 12.0. The Bertz CT molecular complexity index is 852. The molecular formula is C20H20O2S. The summed E-state index contributed by atoms with van der Waals surface area (Å²) in [5, 5.41) is 0. The van der Waals surface area contributed by atoms with Gasteiger partial charge in [0.1, 0.15) is 5.75 Å². The zero-order chi connectivity index (χ0) is 16.7. The first kappa shape index (κ1) is 17.1. The maximum Gasteiger partial charge on any atom is 0.165 e. The van der Waals surface area contributed by atoms with Crippen LogP contribution in [0, 0.1) is 25.7 Å². The summed E-state index contributed by atoms with van der Waals surface area (Å²) in [6, 6.07) is 15.5. The molecule has 0 heterocycles. The lowest BCUT2D eigenvalue weighted by Crippen LogP contribution is -2.07. The third kappa shape index (κ3) is 5.77. The van der Waals surface area contributed by atoms with Gasteiger partial charge in [-0.05, 0) is 42.7 Å². The number of rotatable bonds is 4. The van der Waals surface area contributed by atoms with Gasteiger partial charge in [-0.1, -0.05) is 60.4 Å². The molecule has 0 spiro atoms. The molecule has 0 aliphatic heterocycles. The SMILES string of the molecule is Cc1ccc(C#CCS(=O)(=O)C/C=C/c2ccccc2)cc1C. The van der Waals surface area contributed by atoms with Gasteiger partial charge in [0.2, 0.25) is 0 Å². The van der Waals surface area contributed by atoms with Crippen LogP contribution in [0.15, 0.2) is 54.6 Å². The van der Waals surface area contributed by atoms with Crippen molar-refractivity contribution in [3.05, 3.63) is 76.9 Å². The first-order valence-electron chi connectivity index (χ1n) is 7.44. The lowest BCUT2D eigenvalue weighted by Gasteiger charge is -1.99. The number of hydrogen-bond acceptors (Lipinski definition) is 2. The van der Waals surface area contributed by atoms with E-state index in [1.807, 2.05) is 68.5 Å². The van der Waals surface area contributed by atoms with Crippen LogP contribution in [-0.4, -0.2) is 19.9 Å². The molecule has 2 aromatic rings. The first-order chi connectivity index (χ1) is 11.0. The van der Waals surface area contributed by atoms with Crippen LogP contribution in [0.1, 0.15) is 22.3 Å². The van der Waals surface area contributed by atoms with Gasteiger partial charge in [-0.15, -0.1) is 0 Å². The normalized spacial score (nSPS) is 11.2. The van der Waals surface area contributed by atoms with E-state index in [0.29, 0.717) is 0 Å². The van der Waals surface area contributed by atoms with Crippen molar-refractivity contribution in [1.29, 1.82) is 0 Å². The Morgan fingerprint density at radius 3 is 2.43 bits per heavy atom. The molecule has 0 N–H and O–H groups in total. The van der Waals surface area contributed by atoms with Crippen molar-refractivity contribution in [2.75, 3.05) is 11.5 Å². The van der Waals surface area contributed by atoms with E-state index in [1.165, 1.54) is 5.56 Å². The summed E-state index contributed by atoms with van der Waals surface area (Å²) in [5.74, 6) is 5.57. The van der Waals surface area contributed by atoms with E-state index in [4.69, 9.17) is 0 Å². The second-order valence-electron chi connectivity index (χ2n) is 5.47. The van der Waals surface area contributed by atoms with Crippen molar-refractivity contribution in [3.63, 3.8) is 0 Å². The number of benzene rings is 2. The van der Waals surface area contributed by atoms with E-state index in [9.17, 15) is 8.42 Å². The van der Waals surface area contributed by atoms with E-state index in [2.05, 4.69) is 11.8 Å². The first-order valence-corrected chi connectivity index (χ1v) is 9.26. The van der Waals surface area contributed by atoms with Crippen LogP contribution in [0.4, 0.5) is 0 Å². The van der Waals surface area contributed by atoms with Gasteiger partial charge in [-0.2, -0.15) is 0 Å². The molecule has 0 amide bonds. The largest absolute Gasteiger partial charge is 0.228 e. The minimum absolute atomic E-state index is 0.00347. The molecule has 0 saturated heterocycles.